The molecule has 4 aromatic rings. The van der Waals surface area contributed by atoms with Crippen molar-refractivity contribution in [1.82, 2.24) is 10.1 Å². The van der Waals surface area contributed by atoms with E-state index in [-0.39, 0.29) is 16.5 Å². The third-order valence-electron chi connectivity index (χ3n) is 3.75. The van der Waals surface area contributed by atoms with Gasteiger partial charge in [-0.2, -0.15) is 4.98 Å². The molecule has 8 heteroatoms. The van der Waals surface area contributed by atoms with Crippen molar-refractivity contribution in [2.24, 2.45) is 0 Å². The fourth-order valence-electron chi connectivity index (χ4n) is 2.42. The van der Waals surface area contributed by atoms with Gasteiger partial charge >= 0.3 is 0 Å². The van der Waals surface area contributed by atoms with Crippen LogP contribution in [0.25, 0.3) is 22.4 Å². The zero-order chi connectivity index (χ0) is 18.1. The molecule has 3 aromatic heterocycles. The molecule has 0 atom stereocenters. The van der Waals surface area contributed by atoms with Crippen molar-refractivity contribution in [1.29, 1.82) is 0 Å². The molecule has 0 bridgehead atoms. The summed E-state index contributed by atoms with van der Waals surface area (Å²) in [7, 11) is -3.49. The highest BCUT2D eigenvalue weighted by Crippen LogP contribution is 2.27. The van der Waals surface area contributed by atoms with Crippen LogP contribution in [0.4, 0.5) is 0 Å². The predicted molar refractivity (Wildman–Crippen MR) is 97.4 cm³/mol. The van der Waals surface area contributed by atoms with Gasteiger partial charge < -0.3 is 8.94 Å². The Morgan fingerprint density at radius 3 is 2.62 bits per heavy atom. The minimum Gasteiger partial charge on any atom is -0.455 e. The number of nitrogens with zero attached hydrogens (tertiary/aromatic N) is 2. The monoisotopic (exact) mass is 386 g/mol. The zero-order valence-electron chi connectivity index (χ0n) is 13.7. The van der Waals surface area contributed by atoms with Crippen LogP contribution in [0.5, 0.6) is 0 Å². The van der Waals surface area contributed by atoms with Crippen molar-refractivity contribution in [3.63, 3.8) is 0 Å². The molecule has 26 heavy (non-hydrogen) atoms. The van der Waals surface area contributed by atoms with Crippen LogP contribution in [0.15, 0.2) is 67.7 Å². The summed E-state index contributed by atoms with van der Waals surface area (Å²) in [4.78, 5) is 5.44. The Balaban J connectivity index is 1.56. The van der Waals surface area contributed by atoms with Crippen LogP contribution in [0.3, 0.4) is 0 Å². The molecule has 6 nitrogen and oxygen atoms in total. The first-order valence-electron chi connectivity index (χ1n) is 7.77. The summed E-state index contributed by atoms with van der Waals surface area (Å²) in [6.07, 6.45) is 0. The minimum absolute atomic E-state index is 0.215. The first-order chi connectivity index (χ1) is 12.5. The molecule has 0 saturated carbocycles. The van der Waals surface area contributed by atoms with Gasteiger partial charge in [-0.15, -0.1) is 11.3 Å². The molecule has 3 heterocycles. The average Bonchev–Trinajstić information content (AvgIpc) is 3.35. The van der Waals surface area contributed by atoms with Crippen LogP contribution in [0.2, 0.25) is 0 Å². The fraction of sp³-hybridized carbons (Fsp3) is 0.111. The lowest BCUT2D eigenvalue weighted by atomic mass is 10.2. The van der Waals surface area contributed by atoms with Crippen LogP contribution < -0.4 is 0 Å². The molecule has 0 aliphatic rings. The van der Waals surface area contributed by atoms with Crippen molar-refractivity contribution in [3.8, 4) is 22.4 Å². The summed E-state index contributed by atoms with van der Waals surface area (Å²) in [5, 5.41) is 5.84. The maximum atomic E-state index is 12.5. The first-order valence-corrected chi connectivity index (χ1v) is 10.3. The lowest BCUT2D eigenvalue weighted by Gasteiger charge is -2.02. The van der Waals surface area contributed by atoms with Gasteiger partial charge in [0.2, 0.25) is 5.82 Å². The Bertz CT molecular complexity index is 1120. The van der Waals surface area contributed by atoms with Gasteiger partial charge in [0.25, 0.3) is 5.89 Å². The molecular formula is C18H14N2O4S2. The molecule has 0 aliphatic heterocycles. The topological polar surface area (TPSA) is 86.2 Å². The highest BCUT2D eigenvalue weighted by atomic mass is 32.2. The molecule has 4 rings (SSSR count). The third-order valence-corrected chi connectivity index (χ3v) is 6.27. The summed E-state index contributed by atoms with van der Waals surface area (Å²) < 4.78 is 35.8. The first kappa shape index (κ1) is 16.7. The number of aromatic nitrogens is 2. The smallest absolute Gasteiger partial charge is 0.293 e. The van der Waals surface area contributed by atoms with E-state index in [2.05, 4.69) is 10.1 Å². The Kier molecular flexibility index (Phi) is 4.21. The number of rotatable bonds is 5. The number of hydrogen-bond donors (Lipinski definition) is 0. The van der Waals surface area contributed by atoms with E-state index in [1.54, 1.807) is 36.4 Å². The van der Waals surface area contributed by atoms with Gasteiger partial charge in [-0.25, -0.2) is 8.42 Å². The molecule has 1 aromatic carbocycles. The Morgan fingerprint density at radius 2 is 1.88 bits per heavy atom. The number of sulfone groups is 1. The van der Waals surface area contributed by atoms with Gasteiger partial charge in [-0.1, -0.05) is 28.9 Å². The molecule has 0 amide bonds. The fourth-order valence-corrected chi connectivity index (χ4v) is 4.31. The van der Waals surface area contributed by atoms with E-state index in [1.807, 2.05) is 24.4 Å². The van der Waals surface area contributed by atoms with Crippen LogP contribution >= 0.6 is 11.3 Å². The number of furan rings is 1. The van der Waals surface area contributed by atoms with Gasteiger partial charge in [-0.05, 0) is 42.6 Å². The minimum atomic E-state index is -3.49. The third kappa shape index (κ3) is 3.33. The zero-order valence-corrected chi connectivity index (χ0v) is 15.4. The van der Waals surface area contributed by atoms with Crippen LogP contribution in [-0.4, -0.2) is 18.6 Å². The van der Waals surface area contributed by atoms with Crippen molar-refractivity contribution in [2.75, 3.05) is 0 Å². The normalized spacial score (nSPS) is 11.7. The summed E-state index contributed by atoms with van der Waals surface area (Å²) in [6.45, 7) is 1.91. The van der Waals surface area contributed by atoms with Gasteiger partial charge in [0.1, 0.15) is 11.5 Å². The van der Waals surface area contributed by atoms with E-state index in [1.165, 1.54) is 11.3 Å². The van der Waals surface area contributed by atoms with Gasteiger partial charge in [-0.3, -0.25) is 0 Å². The molecular weight excluding hydrogens is 372 g/mol. The molecule has 0 fully saturated rings. The molecule has 0 spiro atoms. The molecule has 0 aliphatic carbocycles. The van der Waals surface area contributed by atoms with Crippen molar-refractivity contribution >= 4 is 21.2 Å². The number of hydrogen-bond acceptors (Lipinski definition) is 7. The highest BCUT2D eigenvalue weighted by molar-refractivity contribution is 7.90. The number of aryl methyl sites for hydroxylation is 1. The van der Waals surface area contributed by atoms with Crippen LogP contribution in [-0.2, 0) is 15.6 Å². The second-order valence-corrected chi connectivity index (χ2v) is 8.68. The second kappa shape index (κ2) is 6.54. The van der Waals surface area contributed by atoms with E-state index in [0.717, 1.165) is 10.4 Å². The highest BCUT2D eigenvalue weighted by Gasteiger charge is 2.20. The summed E-state index contributed by atoms with van der Waals surface area (Å²) in [5.41, 5.74) is 1.00. The van der Waals surface area contributed by atoms with Crippen molar-refractivity contribution in [2.45, 2.75) is 17.6 Å². The second-order valence-electron chi connectivity index (χ2n) is 5.74. The number of benzene rings is 1. The van der Waals surface area contributed by atoms with E-state index in [0.29, 0.717) is 17.3 Å². The summed E-state index contributed by atoms with van der Waals surface area (Å²) in [6, 6.07) is 13.8. The summed E-state index contributed by atoms with van der Waals surface area (Å²) >= 11 is 1.50. The average molecular weight is 386 g/mol. The maximum absolute atomic E-state index is 12.5. The largest absolute Gasteiger partial charge is 0.455 e. The molecule has 132 valence electrons. The molecule has 0 radical (unpaired) electrons. The van der Waals surface area contributed by atoms with Crippen molar-refractivity contribution < 1.29 is 17.4 Å². The SMILES string of the molecule is Cc1ccc(S(=O)(=O)Cc2ccc(-c3nc(-c4cccs4)no3)o2)cc1. The lowest BCUT2D eigenvalue weighted by Crippen LogP contribution is -2.04. The number of thiophene rings is 1. The lowest BCUT2D eigenvalue weighted by molar-refractivity contribution is 0.413. The van der Waals surface area contributed by atoms with E-state index < -0.39 is 9.84 Å². The molecule has 0 N–H and O–H groups in total. The van der Waals surface area contributed by atoms with Crippen LogP contribution in [0.1, 0.15) is 11.3 Å². The van der Waals surface area contributed by atoms with E-state index in [4.69, 9.17) is 8.94 Å². The van der Waals surface area contributed by atoms with Crippen molar-refractivity contribution in [3.05, 3.63) is 65.2 Å². The van der Waals surface area contributed by atoms with Gasteiger partial charge in [0, 0.05) is 0 Å². The van der Waals surface area contributed by atoms with Crippen LogP contribution in [0, 0.1) is 6.92 Å². The molecule has 0 unspecified atom stereocenters. The predicted octanol–water partition coefficient (Wildman–Crippen LogP) is 4.34. The van der Waals surface area contributed by atoms with Gasteiger partial charge in [0.05, 0.1) is 9.77 Å². The standard InChI is InChI=1S/C18H14N2O4S2/c1-12-4-7-14(8-5-12)26(21,22)11-13-6-9-15(23-13)18-19-17(20-24-18)16-3-2-10-25-16/h2-10H,11H2,1H3. The Hall–Kier alpha value is -2.71. The summed E-state index contributed by atoms with van der Waals surface area (Å²) in [5.74, 6) is 1.11. The van der Waals surface area contributed by atoms with E-state index >= 15 is 0 Å². The maximum Gasteiger partial charge on any atom is 0.293 e. The van der Waals surface area contributed by atoms with Gasteiger partial charge in [0.15, 0.2) is 15.6 Å². The Labute approximate surface area is 154 Å². The molecule has 0 saturated heterocycles. The van der Waals surface area contributed by atoms with E-state index in [9.17, 15) is 8.42 Å². The Morgan fingerprint density at radius 1 is 1.08 bits per heavy atom. The quantitative estimate of drug-likeness (QED) is 0.507.